The fraction of sp³-hybridized carbons (Fsp3) is 0.743. The van der Waals surface area contributed by atoms with E-state index in [4.69, 9.17) is 18.3 Å². The predicted octanol–water partition coefficient (Wildman–Crippen LogP) is 9.19. The molecular weight excluding hydrogens is 557 g/mol. The number of hydrogen-bond donors (Lipinski definition) is 0. The van der Waals surface area contributed by atoms with Gasteiger partial charge in [-0.25, -0.2) is 4.79 Å². The molecule has 1 aliphatic heterocycles. The van der Waals surface area contributed by atoms with Crippen LogP contribution in [0, 0.1) is 5.92 Å². The number of allylic oxidation sites excluding steroid dienone is 2. The molecular formula is C35H60O5Si2. The van der Waals surface area contributed by atoms with E-state index in [2.05, 4.69) is 110 Å². The minimum atomic E-state index is -1.92. The largest absolute Gasteiger partial charge is 0.460 e. The Morgan fingerprint density at radius 2 is 1.62 bits per heavy atom. The summed E-state index contributed by atoms with van der Waals surface area (Å²) < 4.78 is 26.8. The number of esters is 1. The van der Waals surface area contributed by atoms with Gasteiger partial charge in [-0.15, -0.1) is 0 Å². The lowest BCUT2D eigenvalue weighted by Crippen LogP contribution is -2.54. The number of rotatable bonds is 13. The number of carbonyl (C=O) groups is 1. The highest BCUT2D eigenvalue weighted by molar-refractivity contribution is 6.70. The van der Waals surface area contributed by atoms with Crippen LogP contribution >= 0.6 is 0 Å². The van der Waals surface area contributed by atoms with Crippen molar-refractivity contribution < 1.29 is 23.1 Å². The monoisotopic (exact) mass is 616 g/mol. The maximum absolute atomic E-state index is 14.4. The van der Waals surface area contributed by atoms with Crippen molar-refractivity contribution in [3.63, 3.8) is 0 Å². The van der Waals surface area contributed by atoms with E-state index >= 15 is 0 Å². The van der Waals surface area contributed by atoms with Gasteiger partial charge in [0.05, 0.1) is 18.3 Å². The Morgan fingerprint density at radius 1 is 0.976 bits per heavy atom. The first-order chi connectivity index (χ1) is 19.4. The third-order valence-electron chi connectivity index (χ3n) is 9.11. The Morgan fingerprint density at radius 3 is 2.21 bits per heavy atom. The smallest absolute Gasteiger partial charge is 0.341 e. The molecule has 1 saturated carbocycles. The second-order valence-electron chi connectivity index (χ2n) is 15.8. The summed E-state index contributed by atoms with van der Waals surface area (Å²) in [4.78, 5) is 14.4. The highest BCUT2D eigenvalue weighted by Gasteiger charge is 2.55. The van der Waals surface area contributed by atoms with E-state index in [0.29, 0.717) is 6.42 Å². The van der Waals surface area contributed by atoms with Gasteiger partial charge in [-0.3, -0.25) is 0 Å². The average molecular weight is 617 g/mol. The number of benzene rings is 1. The normalized spacial score (nSPS) is 26.9. The minimum absolute atomic E-state index is 0.109. The van der Waals surface area contributed by atoms with Crippen molar-refractivity contribution >= 4 is 22.6 Å². The highest BCUT2D eigenvalue weighted by atomic mass is 28.4. The second kappa shape index (κ2) is 13.8. The molecule has 1 saturated heterocycles. The van der Waals surface area contributed by atoms with Gasteiger partial charge in [-0.1, -0.05) is 62.2 Å². The van der Waals surface area contributed by atoms with Crippen LogP contribution in [-0.4, -0.2) is 52.6 Å². The minimum Gasteiger partial charge on any atom is -0.460 e. The van der Waals surface area contributed by atoms with Crippen LogP contribution in [0.4, 0.5) is 0 Å². The zero-order valence-electron chi connectivity index (χ0n) is 28.6. The molecule has 7 heteroatoms. The van der Waals surface area contributed by atoms with E-state index < -0.39 is 27.8 Å². The summed E-state index contributed by atoms with van der Waals surface area (Å²) in [5.74, 6) is -0.00187. The van der Waals surface area contributed by atoms with Gasteiger partial charge in [0, 0.05) is 5.92 Å². The number of ether oxygens (including phenoxy) is 2. The Balaban J connectivity index is 1.89. The molecule has 238 valence electrons. The summed E-state index contributed by atoms with van der Waals surface area (Å²) >= 11 is 0. The molecule has 2 aliphatic rings. The summed E-state index contributed by atoms with van der Waals surface area (Å²) in [5, 5.41) is 0. The summed E-state index contributed by atoms with van der Waals surface area (Å²) in [6.45, 7) is 24.5. The van der Waals surface area contributed by atoms with Crippen molar-refractivity contribution in [3.05, 3.63) is 47.5 Å². The van der Waals surface area contributed by atoms with Gasteiger partial charge in [-0.2, -0.15) is 0 Å². The van der Waals surface area contributed by atoms with Gasteiger partial charge in [0.15, 0.2) is 22.2 Å². The SMILES string of the molecule is CC(C)=CCC[C@](C)(O[Si](C)(C)C)[C@H]1CC[C@](CO[Si](C)(C)C)(C(=O)O[C@H]2CCCC[C@@H]2C(C)(C)c2ccccc2)O1. The van der Waals surface area contributed by atoms with E-state index in [1.807, 2.05) is 0 Å². The second-order valence-corrected chi connectivity index (χ2v) is 24.8. The Kier molecular flexibility index (Phi) is 11.6. The van der Waals surface area contributed by atoms with Gasteiger partial charge in [0.2, 0.25) is 0 Å². The molecule has 0 aromatic heterocycles. The molecule has 3 rings (SSSR count). The molecule has 1 heterocycles. The van der Waals surface area contributed by atoms with Gasteiger partial charge < -0.3 is 18.3 Å². The average Bonchev–Trinajstić information content (AvgIpc) is 3.34. The van der Waals surface area contributed by atoms with Crippen LogP contribution in [0.15, 0.2) is 42.0 Å². The maximum Gasteiger partial charge on any atom is 0.341 e. The molecule has 0 spiro atoms. The zero-order valence-corrected chi connectivity index (χ0v) is 30.6. The first kappa shape index (κ1) is 35.2. The molecule has 5 nitrogen and oxygen atoms in total. The summed E-state index contributed by atoms with van der Waals surface area (Å²) in [5.41, 5.74) is 0.898. The molecule has 42 heavy (non-hydrogen) atoms. The zero-order chi connectivity index (χ0) is 31.4. The lowest BCUT2D eigenvalue weighted by atomic mass is 9.66. The third kappa shape index (κ3) is 9.37. The number of hydrogen-bond acceptors (Lipinski definition) is 5. The molecule has 1 aromatic carbocycles. The Hall–Kier alpha value is -1.26. The van der Waals surface area contributed by atoms with Crippen molar-refractivity contribution in [3.8, 4) is 0 Å². The quantitative estimate of drug-likeness (QED) is 0.126. The molecule has 0 unspecified atom stereocenters. The van der Waals surface area contributed by atoms with Gasteiger partial charge in [0.25, 0.3) is 0 Å². The molecule has 1 aliphatic carbocycles. The van der Waals surface area contributed by atoms with Crippen molar-refractivity contribution in [2.75, 3.05) is 6.61 Å². The Labute approximate surface area is 259 Å². The molecule has 0 N–H and O–H groups in total. The van der Waals surface area contributed by atoms with Crippen molar-refractivity contribution in [1.29, 1.82) is 0 Å². The van der Waals surface area contributed by atoms with E-state index in [1.165, 1.54) is 11.1 Å². The van der Waals surface area contributed by atoms with Crippen LogP contribution in [0.2, 0.25) is 39.3 Å². The third-order valence-corrected chi connectivity index (χ3v) is 11.2. The van der Waals surface area contributed by atoms with Gasteiger partial charge >= 0.3 is 5.97 Å². The lowest BCUT2D eigenvalue weighted by Gasteiger charge is -2.44. The fourth-order valence-corrected chi connectivity index (χ4v) is 9.15. The van der Waals surface area contributed by atoms with Gasteiger partial charge in [0.1, 0.15) is 6.10 Å². The Bertz CT molecular complexity index is 1050. The van der Waals surface area contributed by atoms with Gasteiger partial charge in [-0.05, 0) is 116 Å². The number of carbonyl (C=O) groups excluding carboxylic acids is 1. The first-order valence-electron chi connectivity index (χ1n) is 16.3. The topological polar surface area (TPSA) is 54.0 Å². The maximum atomic E-state index is 14.4. The fourth-order valence-electron chi connectivity index (χ4n) is 6.85. The van der Waals surface area contributed by atoms with E-state index in [-0.39, 0.29) is 36.1 Å². The van der Waals surface area contributed by atoms with Crippen LogP contribution in [0.5, 0.6) is 0 Å². The molecule has 5 atom stereocenters. The van der Waals surface area contributed by atoms with Crippen LogP contribution in [0.3, 0.4) is 0 Å². The first-order valence-corrected chi connectivity index (χ1v) is 23.1. The van der Waals surface area contributed by atoms with Crippen LogP contribution in [0.1, 0.15) is 91.5 Å². The van der Waals surface area contributed by atoms with Crippen molar-refractivity contribution in [1.82, 2.24) is 0 Å². The summed E-state index contributed by atoms with van der Waals surface area (Å²) in [6.07, 6.45) is 9.22. The molecule has 0 bridgehead atoms. The standard InChI is InChI=1S/C35H60O5Si2/c1-27(2)18-17-24-34(5,40-42(9,10)11)31-23-25-35(39-31,26-37-41(6,7)8)32(36)38-30-22-16-15-21-29(30)33(3,4)28-19-13-12-14-20-28/h12-14,18-20,29-31H,15-17,21-26H2,1-11H3/t29-,30-,31+,34-,35-/m0/s1. The summed E-state index contributed by atoms with van der Waals surface area (Å²) in [6, 6.07) is 10.7. The molecule has 0 radical (unpaired) electrons. The predicted molar refractivity (Wildman–Crippen MR) is 179 cm³/mol. The summed E-state index contributed by atoms with van der Waals surface area (Å²) in [7, 11) is -3.82. The van der Waals surface area contributed by atoms with E-state index in [0.717, 1.165) is 44.9 Å². The van der Waals surface area contributed by atoms with Crippen molar-refractivity contribution in [2.24, 2.45) is 5.92 Å². The van der Waals surface area contributed by atoms with Crippen LogP contribution in [-0.2, 0) is 28.5 Å². The van der Waals surface area contributed by atoms with Crippen LogP contribution < -0.4 is 0 Å². The van der Waals surface area contributed by atoms with Crippen molar-refractivity contribution in [2.45, 2.75) is 154 Å². The van der Waals surface area contributed by atoms with E-state index in [1.54, 1.807) is 0 Å². The van der Waals surface area contributed by atoms with E-state index in [9.17, 15) is 4.79 Å². The molecule has 1 aromatic rings. The van der Waals surface area contributed by atoms with Crippen LogP contribution in [0.25, 0.3) is 0 Å². The molecule has 0 amide bonds. The highest BCUT2D eigenvalue weighted by Crippen LogP contribution is 2.45. The lowest BCUT2D eigenvalue weighted by molar-refractivity contribution is -0.195. The molecule has 2 fully saturated rings.